The van der Waals surface area contributed by atoms with Crippen molar-refractivity contribution in [2.24, 2.45) is 11.8 Å². The Morgan fingerprint density at radius 2 is 1.88 bits per heavy atom. The maximum Gasteiger partial charge on any atom is 0.237 e. The number of nitrogens with zero attached hydrogens (tertiary/aromatic N) is 2. The summed E-state index contributed by atoms with van der Waals surface area (Å²) in [4.78, 5) is 17.9. The number of ether oxygens (including phenoxy) is 1. The van der Waals surface area contributed by atoms with E-state index in [1.54, 1.807) is 0 Å². The van der Waals surface area contributed by atoms with Crippen molar-refractivity contribution in [2.45, 2.75) is 101 Å². The average molecular weight is 485 g/mol. The molecule has 3 aliphatic heterocycles. The number of hydrogen-bond acceptors (Lipinski definition) is 6. The van der Waals surface area contributed by atoms with Crippen molar-refractivity contribution in [1.29, 1.82) is 0 Å². The van der Waals surface area contributed by atoms with E-state index in [0.717, 1.165) is 45.4 Å². The lowest BCUT2D eigenvalue weighted by atomic mass is 9.77. The van der Waals surface area contributed by atoms with E-state index in [1.807, 2.05) is 0 Å². The van der Waals surface area contributed by atoms with Gasteiger partial charge in [0.2, 0.25) is 5.91 Å². The van der Waals surface area contributed by atoms with Gasteiger partial charge < -0.3 is 20.5 Å². The van der Waals surface area contributed by atoms with Gasteiger partial charge in [0, 0.05) is 56.3 Å². The molecule has 0 radical (unpaired) electrons. The minimum Gasteiger partial charge on any atom is -0.394 e. The van der Waals surface area contributed by atoms with Crippen LogP contribution in [-0.2, 0) is 9.53 Å². The van der Waals surface area contributed by atoms with Gasteiger partial charge in [-0.3, -0.25) is 14.6 Å². The van der Waals surface area contributed by atoms with Crippen LogP contribution in [0.25, 0.3) is 0 Å². The quantitative estimate of drug-likeness (QED) is 0.545. The van der Waals surface area contributed by atoms with Gasteiger partial charge in [0.05, 0.1) is 25.4 Å². The van der Waals surface area contributed by atoms with E-state index in [1.165, 1.54) is 0 Å². The zero-order valence-corrected chi connectivity index (χ0v) is 20.4. The summed E-state index contributed by atoms with van der Waals surface area (Å²) in [5.74, 6) is 0.209. The second-order valence-electron chi connectivity index (χ2n) is 11.5. The number of morpholine rings is 1. The van der Waals surface area contributed by atoms with E-state index in [9.17, 15) is 18.7 Å². The first-order valence-corrected chi connectivity index (χ1v) is 13.5. The van der Waals surface area contributed by atoms with Crippen molar-refractivity contribution >= 4 is 5.91 Å². The molecule has 9 heteroatoms. The molecule has 0 bridgehead atoms. The van der Waals surface area contributed by atoms with Crippen LogP contribution in [0.5, 0.6) is 0 Å². The van der Waals surface area contributed by atoms with E-state index >= 15 is 0 Å². The van der Waals surface area contributed by atoms with Crippen LogP contribution in [0.4, 0.5) is 8.78 Å². The van der Waals surface area contributed by atoms with Crippen LogP contribution in [0, 0.1) is 11.8 Å². The fourth-order valence-corrected chi connectivity index (χ4v) is 7.32. The number of nitrogens with one attached hydrogen (secondary N) is 2. The SMILES string of the molecule is CC1CCC(F)C2CC(C(=O)NC3CC(F)CC(N4CCC(N5CCOC(CO)C5)C4)C3)NC12. The maximum absolute atomic E-state index is 14.8. The zero-order valence-electron chi connectivity index (χ0n) is 20.4. The number of aliphatic hydroxyl groups is 1. The number of fused-ring (bicyclic) bond motifs is 1. The number of likely N-dealkylation sites (tertiary alicyclic amines) is 1. The fourth-order valence-electron chi connectivity index (χ4n) is 7.32. The molecule has 0 aromatic heterocycles. The summed E-state index contributed by atoms with van der Waals surface area (Å²) in [6.07, 6.45) is 2.83. The van der Waals surface area contributed by atoms with Crippen molar-refractivity contribution in [3.63, 3.8) is 0 Å². The van der Waals surface area contributed by atoms with Crippen LogP contribution in [0.2, 0.25) is 0 Å². The topological polar surface area (TPSA) is 77.1 Å². The normalized spacial score (nSPS) is 46.4. The van der Waals surface area contributed by atoms with Crippen LogP contribution in [0.3, 0.4) is 0 Å². The van der Waals surface area contributed by atoms with Crippen LogP contribution in [0.15, 0.2) is 0 Å². The monoisotopic (exact) mass is 484 g/mol. The smallest absolute Gasteiger partial charge is 0.237 e. The second kappa shape index (κ2) is 10.6. The summed E-state index contributed by atoms with van der Waals surface area (Å²) in [5, 5.41) is 16.0. The van der Waals surface area contributed by atoms with E-state index in [-0.39, 0.29) is 48.7 Å². The summed E-state index contributed by atoms with van der Waals surface area (Å²) >= 11 is 0. The first-order valence-electron chi connectivity index (χ1n) is 13.5. The van der Waals surface area contributed by atoms with Crippen molar-refractivity contribution in [3.8, 4) is 0 Å². The number of hydrogen-bond donors (Lipinski definition) is 3. The number of carbonyl (C=O) groups is 1. The van der Waals surface area contributed by atoms with E-state index in [0.29, 0.717) is 44.2 Å². The van der Waals surface area contributed by atoms with Gasteiger partial charge >= 0.3 is 0 Å². The van der Waals surface area contributed by atoms with Gasteiger partial charge in [-0.1, -0.05) is 6.92 Å². The molecular weight excluding hydrogens is 442 g/mol. The molecule has 0 spiro atoms. The predicted molar refractivity (Wildman–Crippen MR) is 125 cm³/mol. The van der Waals surface area contributed by atoms with Gasteiger partial charge in [0.25, 0.3) is 0 Å². The molecule has 10 atom stereocenters. The number of aliphatic hydroxyl groups excluding tert-OH is 1. The van der Waals surface area contributed by atoms with Gasteiger partial charge in [0.15, 0.2) is 0 Å². The minimum absolute atomic E-state index is 0.0444. The van der Waals surface area contributed by atoms with Gasteiger partial charge in [-0.15, -0.1) is 0 Å². The van der Waals surface area contributed by atoms with Crippen LogP contribution in [-0.4, -0.2) is 109 Å². The van der Waals surface area contributed by atoms with Crippen molar-refractivity contribution in [1.82, 2.24) is 20.4 Å². The summed E-state index contributed by atoms with van der Waals surface area (Å²) in [6, 6.07) is 0.0603. The van der Waals surface area contributed by atoms with Gasteiger partial charge in [-0.25, -0.2) is 8.78 Å². The molecule has 194 valence electrons. The van der Waals surface area contributed by atoms with Gasteiger partial charge in [-0.2, -0.15) is 0 Å². The Bertz CT molecular complexity index is 700. The largest absolute Gasteiger partial charge is 0.394 e. The third-order valence-corrected chi connectivity index (χ3v) is 9.23. The molecule has 3 saturated heterocycles. The highest BCUT2D eigenvalue weighted by atomic mass is 19.1. The lowest BCUT2D eigenvalue weighted by Gasteiger charge is -2.39. The molecule has 3 heterocycles. The molecule has 3 N–H and O–H groups in total. The molecular formula is C25H42F2N4O3. The molecule has 2 aliphatic carbocycles. The van der Waals surface area contributed by atoms with Crippen LogP contribution >= 0.6 is 0 Å². The second-order valence-corrected chi connectivity index (χ2v) is 11.5. The summed E-state index contributed by atoms with van der Waals surface area (Å²) in [7, 11) is 0. The van der Waals surface area contributed by atoms with Crippen LogP contribution in [0.1, 0.15) is 51.9 Å². The van der Waals surface area contributed by atoms with E-state index in [2.05, 4.69) is 27.4 Å². The summed E-state index contributed by atoms with van der Waals surface area (Å²) < 4.78 is 34.8. The summed E-state index contributed by atoms with van der Waals surface area (Å²) in [6.45, 7) is 6.29. The Balaban J connectivity index is 1.14. The Hall–Kier alpha value is -0.870. The maximum atomic E-state index is 14.8. The molecule has 1 amide bonds. The summed E-state index contributed by atoms with van der Waals surface area (Å²) in [5.41, 5.74) is 0. The molecule has 5 rings (SSSR count). The number of halogens is 2. The van der Waals surface area contributed by atoms with E-state index < -0.39 is 12.3 Å². The van der Waals surface area contributed by atoms with Crippen molar-refractivity contribution in [3.05, 3.63) is 0 Å². The zero-order chi connectivity index (χ0) is 23.8. The molecule has 34 heavy (non-hydrogen) atoms. The lowest BCUT2D eigenvalue weighted by Crippen LogP contribution is -2.53. The minimum atomic E-state index is -0.917. The van der Waals surface area contributed by atoms with Gasteiger partial charge in [-0.05, 0) is 50.9 Å². The third kappa shape index (κ3) is 5.28. The first kappa shape index (κ1) is 24.8. The highest BCUT2D eigenvalue weighted by Crippen LogP contribution is 2.39. The molecule has 5 fully saturated rings. The molecule has 7 nitrogen and oxygen atoms in total. The molecule has 10 unspecified atom stereocenters. The predicted octanol–water partition coefficient (Wildman–Crippen LogP) is 1.24. The average Bonchev–Trinajstić information content (AvgIpc) is 3.50. The molecule has 5 aliphatic rings. The standard InChI is InChI=1S/C25H42F2N4O3/c1-15-2-3-22(27)21-11-23(29-24(15)21)25(33)28-17-8-16(26)9-19(10-17)30-5-4-18(12-30)31-6-7-34-20(13-31)14-32/h15-24,29,32H,2-14H2,1H3,(H,28,33). The Labute approximate surface area is 201 Å². The molecule has 0 aromatic carbocycles. The number of amides is 1. The fraction of sp³-hybridized carbons (Fsp3) is 0.960. The first-order chi connectivity index (χ1) is 16.4. The third-order valence-electron chi connectivity index (χ3n) is 9.23. The molecule has 2 saturated carbocycles. The Morgan fingerprint density at radius 3 is 2.68 bits per heavy atom. The number of carbonyl (C=O) groups excluding carboxylic acids is 1. The lowest BCUT2D eigenvalue weighted by molar-refractivity contribution is -0.124. The van der Waals surface area contributed by atoms with Crippen molar-refractivity contribution in [2.75, 3.05) is 39.4 Å². The number of rotatable bonds is 5. The molecule has 0 aromatic rings. The van der Waals surface area contributed by atoms with Crippen LogP contribution < -0.4 is 10.6 Å². The Morgan fingerprint density at radius 1 is 1.06 bits per heavy atom. The highest BCUT2D eigenvalue weighted by molar-refractivity contribution is 5.82. The van der Waals surface area contributed by atoms with Crippen molar-refractivity contribution < 1.29 is 23.4 Å². The highest BCUT2D eigenvalue weighted by Gasteiger charge is 2.47. The van der Waals surface area contributed by atoms with E-state index in [4.69, 9.17) is 4.74 Å². The Kier molecular flexibility index (Phi) is 7.75. The number of alkyl halides is 2. The van der Waals surface area contributed by atoms with Gasteiger partial charge in [0.1, 0.15) is 12.3 Å².